The summed E-state index contributed by atoms with van der Waals surface area (Å²) in [6.45, 7) is 3.63. The van der Waals surface area contributed by atoms with Crippen molar-refractivity contribution in [2.45, 2.75) is 25.8 Å². The molecule has 2 aliphatic heterocycles. The number of hydrogen-bond donors (Lipinski definition) is 1. The molecule has 0 saturated heterocycles. The van der Waals surface area contributed by atoms with Gasteiger partial charge in [-0.2, -0.15) is 0 Å². The van der Waals surface area contributed by atoms with E-state index < -0.39 is 0 Å². The Labute approximate surface area is 157 Å². The van der Waals surface area contributed by atoms with Crippen molar-refractivity contribution in [3.05, 3.63) is 52.5 Å². The van der Waals surface area contributed by atoms with E-state index in [-0.39, 0.29) is 12.1 Å². The minimum Gasteiger partial charge on any atom is -0.486 e. The molecule has 0 bridgehead atoms. The maximum Gasteiger partial charge on any atom is 0.322 e. The minimum atomic E-state index is -0.0638. The highest BCUT2D eigenvalue weighted by Gasteiger charge is 2.30. The molecule has 1 unspecified atom stereocenters. The Kier molecular flexibility index (Phi) is 4.64. The van der Waals surface area contributed by atoms with Crippen LogP contribution in [0.3, 0.4) is 0 Å². The number of rotatable bonds is 3. The number of hydrogen-bond acceptors (Lipinski definition) is 3. The second kappa shape index (κ2) is 7.08. The molecule has 136 valence electrons. The third-order valence-corrected chi connectivity index (χ3v) is 5.05. The number of ether oxygens (including phenoxy) is 2. The number of amides is 2. The van der Waals surface area contributed by atoms with E-state index in [4.69, 9.17) is 21.1 Å². The zero-order valence-electron chi connectivity index (χ0n) is 14.6. The molecule has 26 heavy (non-hydrogen) atoms. The lowest BCUT2D eigenvalue weighted by Crippen LogP contribution is -2.43. The molecule has 4 rings (SSSR count). The molecular formula is C20H21ClN2O3. The smallest absolute Gasteiger partial charge is 0.322 e. The molecule has 2 aliphatic rings. The number of urea groups is 1. The highest BCUT2D eigenvalue weighted by atomic mass is 35.5. The molecular weight excluding hydrogens is 352 g/mol. The predicted octanol–water partition coefficient (Wildman–Crippen LogP) is 3.81. The first-order chi connectivity index (χ1) is 12.6. The van der Waals surface area contributed by atoms with Gasteiger partial charge < -0.3 is 14.8 Å². The summed E-state index contributed by atoms with van der Waals surface area (Å²) >= 11 is 6.27. The second-order valence-electron chi connectivity index (χ2n) is 6.64. The van der Waals surface area contributed by atoms with Crippen LogP contribution in [0, 0.1) is 0 Å². The van der Waals surface area contributed by atoms with Gasteiger partial charge in [-0.05, 0) is 49.1 Å². The van der Waals surface area contributed by atoms with Gasteiger partial charge in [-0.1, -0.05) is 29.8 Å². The molecule has 2 aromatic rings. The lowest BCUT2D eigenvalue weighted by Gasteiger charge is -2.23. The number of carbonyl (C=O) groups is 1. The van der Waals surface area contributed by atoms with Gasteiger partial charge in [-0.25, -0.2) is 4.79 Å². The lowest BCUT2D eigenvalue weighted by atomic mass is 10.1. The molecule has 0 saturated carbocycles. The van der Waals surface area contributed by atoms with Crippen LogP contribution < -0.4 is 19.7 Å². The van der Waals surface area contributed by atoms with Crippen molar-refractivity contribution in [2.24, 2.45) is 0 Å². The van der Waals surface area contributed by atoms with Crippen molar-refractivity contribution in [3.8, 4) is 11.5 Å². The van der Waals surface area contributed by atoms with E-state index in [9.17, 15) is 4.79 Å². The van der Waals surface area contributed by atoms with Crippen LogP contribution in [0.15, 0.2) is 36.4 Å². The molecule has 2 heterocycles. The zero-order chi connectivity index (χ0) is 18.1. The van der Waals surface area contributed by atoms with Crippen LogP contribution in [0.1, 0.15) is 18.1 Å². The summed E-state index contributed by atoms with van der Waals surface area (Å²) in [4.78, 5) is 14.5. The van der Waals surface area contributed by atoms with Gasteiger partial charge >= 0.3 is 6.03 Å². The number of nitrogens with one attached hydrogen (secondary N) is 1. The van der Waals surface area contributed by atoms with Crippen LogP contribution in [0.5, 0.6) is 11.5 Å². The largest absolute Gasteiger partial charge is 0.486 e. The van der Waals surface area contributed by atoms with E-state index in [1.54, 1.807) is 0 Å². The first kappa shape index (κ1) is 17.0. The van der Waals surface area contributed by atoms with Gasteiger partial charge in [0.25, 0.3) is 0 Å². The topological polar surface area (TPSA) is 50.8 Å². The van der Waals surface area contributed by atoms with Crippen molar-refractivity contribution in [2.75, 3.05) is 24.7 Å². The lowest BCUT2D eigenvalue weighted by molar-refractivity contribution is 0.171. The maximum absolute atomic E-state index is 12.7. The number of anilines is 1. The quantitative estimate of drug-likeness (QED) is 0.891. The van der Waals surface area contributed by atoms with Crippen LogP contribution in [0.2, 0.25) is 5.02 Å². The van der Waals surface area contributed by atoms with E-state index >= 15 is 0 Å². The summed E-state index contributed by atoms with van der Waals surface area (Å²) in [6, 6.07) is 12.0. The van der Waals surface area contributed by atoms with Gasteiger partial charge in [0, 0.05) is 18.3 Å². The van der Waals surface area contributed by atoms with Crippen molar-refractivity contribution < 1.29 is 14.3 Å². The van der Waals surface area contributed by atoms with Crippen LogP contribution in [0.4, 0.5) is 10.5 Å². The molecule has 0 radical (unpaired) electrons. The second-order valence-corrected chi connectivity index (χ2v) is 7.04. The summed E-state index contributed by atoms with van der Waals surface area (Å²) in [5.74, 6) is 1.28. The van der Waals surface area contributed by atoms with Crippen molar-refractivity contribution in [1.82, 2.24) is 5.32 Å². The number of fused-ring (bicyclic) bond motifs is 2. The summed E-state index contributed by atoms with van der Waals surface area (Å²) in [7, 11) is 0. The van der Waals surface area contributed by atoms with Crippen molar-refractivity contribution >= 4 is 23.3 Å². The summed E-state index contributed by atoms with van der Waals surface area (Å²) in [5.41, 5.74) is 3.23. The Hall–Kier alpha value is -2.40. The third-order valence-electron chi connectivity index (χ3n) is 4.77. The van der Waals surface area contributed by atoms with Gasteiger partial charge in [-0.3, -0.25) is 4.90 Å². The van der Waals surface area contributed by atoms with Gasteiger partial charge in [0.15, 0.2) is 11.5 Å². The molecule has 0 fully saturated rings. The first-order valence-corrected chi connectivity index (χ1v) is 9.24. The Bertz CT molecular complexity index is 840. The van der Waals surface area contributed by atoms with Crippen LogP contribution in [0.25, 0.3) is 0 Å². The van der Waals surface area contributed by atoms with Crippen LogP contribution in [-0.4, -0.2) is 31.8 Å². The van der Waals surface area contributed by atoms with Gasteiger partial charge in [-0.15, -0.1) is 0 Å². The van der Waals surface area contributed by atoms with Gasteiger partial charge in [0.05, 0.1) is 5.02 Å². The number of halogens is 1. The maximum atomic E-state index is 12.7. The standard InChI is InChI=1S/C20H21ClN2O3/c1-13-10-15-4-2-3-5-17(15)23(13)20(24)22-7-6-14-11-16(21)19-18(12-14)25-8-9-26-19/h2-5,11-13H,6-10H2,1H3,(H,22,24). The molecule has 0 aliphatic carbocycles. The summed E-state index contributed by atoms with van der Waals surface area (Å²) in [5, 5.41) is 3.56. The summed E-state index contributed by atoms with van der Waals surface area (Å²) in [6.07, 6.45) is 1.56. The summed E-state index contributed by atoms with van der Waals surface area (Å²) < 4.78 is 11.1. The van der Waals surface area contributed by atoms with E-state index in [0.717, 1.165) is 17.7 Å². The normalized spacial score (nSPS) is 17.8. The molecule has 2 amide bonds. The fourth-order valence-electron chi connectivity index (χ4n) is 3.58. The molecule has 5 nitrogen and oxygen atoms in total. The monoisotopic (exact) mass is 372 g/mol. The van der Waals surface area contributed by atoms with Crippen LogP contribution >= 0.6 is 11.6 Å². The van der Waals surface area contributed by atoms with E-state index in [0.29, 0.717) is 42.7 Å². The number of para-hydroxylation sites is 1. The average Bonchev–Trinajstić information content (AvgIpc) is 2.97. The van der Waals surface area contributed by atoms with Crippen molar-refractivity contribution in [1.29, 1.82) is 0 Å². The molecule has 1 atom stereocenters. The molecule has 2 aromatic carbocycles. The molecule has 0 spiro atoms. The molecule has 1 N–H and O–H groups in total. The number of nitrogens with zero attached hydrogens (tertiary/aromatic N) is 1. The third kappa shape index (κ3) is 3.19. The Morgan fingerprint density at radius 1 is 1.27 bits per heavy atom. The fraction of sp³-hybridized carbons (Fsp3) is 0.350. The van der Waals surface area contributed by atoms with E-state index in [1.165, 1.54) is 5.56 Å². The van der Waals surface area contributed by atoms with Crippen molar-refractivity contribution in [3.63, 3.8) is 0 Å². The highest BCUT2D eigenvalue weighted by molar-refractivity contribution is 6.32. The van der Waals surface area contributed by atoms with Gasteiger partial charge in [0.2, 0.25) is 0 Å². The molecule has 0 aromatic heterocycles. The Balaban J connectivity index is 1.39. The van der Waals surface area contributed by atoms with E-state index in [2.05, 4.69) is 18.3 Å². The Morgan fingerprint density at radius 2 is 2.08 bits per heavy atom. The number of benzene rings is 2. The first-order valence-electron chi connectivity index (χ1n) is 8.86. The molecule has 6 heteroatoms. The van der Waals surface area contributed by atoms with Gasteiger partial charge in [0.1, 0.15) is 13.2 Å². The number of carbonyl (C=O) groups excluding carboxylic acids is 1. The Morgan fingerprint density at radius 3 is 2.96 bits per heavy atom. The minimum absolute atomic E-state index is 0.0638. The predicted molar refractivity (Wildman–Crippen MR) is 102 cm³/mol. The van der Waals surface area contributed by atoms with Crippen LogP contribution in [-0.2, 0) is 12.8 Å². The fourth-order valence-corrected chi connectivity index (χ4v) is 3.87. The average molecular weight is 373 g/mol. The SMILES string of the molecule is CC1Cc2ccccc2N1C(=O)NCCc1cc(Cl)c2c(c1)OCCO2. The highest BCUT2D eigenvalue weighted by Crippen LogP contribution is 2.38. The van der Waals surface area contributed by atoms with E-state index in [1.807, 2.05) is 35.2 Å². The zero-order valence-corrected chi connectivity index (χ0v) is 15.4.